The van der Waals surface area contributed by atoms with Crippen molar-refractivity contribution in [2.45, 2.75) is 19.8 Å². The minimum Gasteiger partial charge on any atom is -0.494 e. The molecule has 0 heterocycles. The molecule has 0 aliphatic carbocycles. The first-order valence-corrected chi connectivity index (χ1v) is 7.62. The maximum absolute atomic E-state index is 11.9. The number of carbonyl (C=O) groups is 1. The molecule has 0 fully saturated rings. The van der Waals surface area contributed by atoms with Crippen LogP contribution in [-0.2, 0) is 4.79 Å². The van der Waals surface area contributed by atoms with Gasteiger partial charge in [-0.05, 0) is 30.2 Å². The smallest absolute Gasteiger partial charge is 0.246 e. The highest BCUT2D eigenvalue weighted by Gasteiger charge is 2.08. The Kier molecular flexibility index (Phi) is 8.95. The molecule has 122 valence electrons. The van der Waals surface area contributed by atoms with Crippen LogP contribution in [0, 0.1) is 0 Å². The van der Waals surface area contributed by atoms with Crippen LogP contribution in [0.1, 0.15) is 25.3 Å². The third kappa shape index (κ3) is 6.74. The highest BCUT2D eigenvalue weighted by Crippen LogP contribution is 2.13. The lowest BCUT2D eigenvalue weighted by Crippen LogP contribution is -2.34. The molecule has 0 bridgehead atoms. The topological polar surface area (TPSA) is 70.0 Å². The van der Waals surface area contributed by atoms with E-state index in [1.165, 1.54) is 11.0 Å². The molecule has 0 saturated heterocycles. The molecule has 0 aliphatic heterocycles. The Labute approximate surface area is 131 Å². The Morgan fingerprint density at radius 2 is 1.82 bits per heavy atom. The third-order valence-electron chi connectivity index (χ3n) is 3.12. The zero-order valence-electron chi connectivity index (χ0n) is 13.1. The fraction of sp³-hybridized carbons (Fsp3) is 0.471. The Hall–Kier alpha value is -1.85. The van der Waals surface area contributed by atoms with E-state index in [1.54, 1.807) is 6.08 Å². The van der Waals surface area contributed by atoms with Crippen molar-refractivity contribution in [1.82, 2.24) is 4.90 Å². The number of aliphatic hydroxyl groups is 2. The summed E-state index contributed by atoms with van der Waals surface area (Å²) >= 11 is 0. The summed E-state index contributed by atoms with van der Waals surface area (Å²) in [5.74, 6) is 0.588. The summed E-state index contributed by atoms with van der Waals surface area (Å²) in [5, 5.41) is 17.8. The molecule has 0 spiro atoms. The highest BCUT2D eigenvalue weighted by atomic mass is 16.5. The first-order chi connectivity index (χ1) is 10.7. The van der Waals surface area contributed by atoms with Crippen LogP contribution in [0.15, 0.2) is 30.3 Å². The second-order valence-corrected chi connectivity index (χ2v) is 4.88. The van der Waals surface area contributed by atoms with E-state index < -0.39 is 0 Å². The van der Waals surface area contributed by atoms with E-state index in [0.29, 0.717) is 6.61 Å². The van der Waals surface area contributed by atoms with Gasteiger partial charge in [0.15, 0.2) is 0 Å². The van der Waals surface area contributed by atoms with Gasteiger partial charge >= 0.3 is 0 Å². The summed E-state index contributed by atoms with van der Waals surface area (Å²) < 4.78 is 5.57. The summed E-state index contributed by atoms with van der Waals surface area (Å²) in [7, 11) is 0. The van der Waals surface area contributed by atoms with E-state index >= 15 is 0 Å². The van der Waals surface area contributed by atoms with E-state index in [2.05, 4.69) is 6.92 Å². The lowest BCUT2D eigenvalue weighted by Gasteiger charge is -2.18. The first kappa shape index (κ1) is 18.2. The van der Waals surface area contributed by atoms with E-state index in [0.717, 1.165) is 24.2 Å². The molecule has 0 atom stereocenters. The number of hydrogen-bond donors (Lipinski definition) is 2. The molecule has 1 rings (SSSR count). The zero-order valence-corrected chi connectivity index (χ0v) is 13.1. The largest absolute Gasteiger partial charge is 0.494 e. The van der Waals surface area contributed by atoms with E-state index in [1.807, 2.05) is 24.3 Å². The maximum Gasteiger partial charge on any atom is 0.246 e. The average Bonchev–Trinajstić information content (AvgIpc) is 2.54. The van der Waals surface area contributed by atoms with Gasteiger partial charge in [-0.25, -0.2) is 0 Å². The highest BCUT2D eigenvalue weighted by molar-refractivity contribution is 5.91. The third-order valence-corrected chi connectivity index (χ3v) is 3.12. The van der Waals surface area contributed by atoms with Crippen molar-refractivity contribution in [1.29, 1.82) is 0 Å². The normalized spacial score (nSPS) is 10.9. The molecule has 0 radical (unpaired) electrons. The van der Waals surface area contributed by atoms with E-state index in [9.17, 15) is 4.79 Å². The Bertz CT molecular complexity index is 450. The van der Waals surface area contributed by atoms with Gasteiger partial charge in [-0.1, -0.05) is 25.5 Å². The maximum atomic E-state index is 11.9. The molecule has 1 amide bonds. The number of nitrogens with zero attached hydrogens (tertiary/aromatic N) is 1. The van der Waals surface area contributed by atoms with Gasteiger partial charge in [-0.2, -0.15) is 0 Å². The van der Waals surface area contributed by atoms with Gasteiger partial charge in [0.05, 0.1) is 19.8 Å². The lowest BCUT2D eigenvalue weighted by molar-refractivity contribution is -0.126. The predicted octanol–water partition coefficient (Wildman–Crippen LogP) is 1.69. The molecule has 5 heteroatoms. The van der Waals surface area contributed by atoms with Crippen molar-refractivity contribution in [2.75, 3.05) is 32.9 Å². The number of rotatable bonds is 10. The number of carbonyl (C=O) groups excluding carboxylic acids is 1. The summed E-state index contributed by atoms with van der Waals surface area (Å²) in [6.07, 6.45) is 5.28. The molecule has 1 aromatic carbocycles. The number of unbranched alkanes of at least 4 members (excludes halogenated alkanes) is 1. The van der Waals surface area contributed by atoms with Gasteiger partial charge in [-0.15, -0.1) is 0 Å². The molecular weight excluding hydrogens is 282 g/mol. The van der Waals surface area contributed by atoms with Gasteiger partial charge in [-0.3, -0.25) is 4.79 Å². The molecule has 5 nitrogen and oxygen atoms in total. The van der Waals surface area contributed by atoms with Crippen LogP contribution in [0.4, 0.5) is 0 Å². The molecule has 0 aromatic heterocycles. The molecular formula is C17H25NO4. The summed E-state index contributed by atoms with van der Waals surface area (Å²) in [4.78, 5) is 13.3. The standard InChI is InChI=1S/C17H25NO4/c1-2-3-14-22-16-7-4-15(5-8-16)6-9-17(21)18(10-12-19)11-13-20/h4-9,19-20H,2-3,10-14H2,1H3/b9-6+. The van der Waals surface area contributed by atoms with Crippen molar-refractivity contribution in [3.8, 4) is 5.75 Å². The molecule has 0 saturated carbocycles. The quantitative estimate of drug-likeness (QED) is 0.510. The van der Waals surface area contributed by atoms with Gasteiger partial charge in [0.2, 0.25) is 5.91 Å². The van der Waals surface area contributed by atoms with Crippen LogP contribution in [0.3, 0.4) is 0 Å². The predicted molar refractivity (Wildman–Crippen MR) is 86.6 cm³/mol. The fourth-order valence-electron chi connectivity index (χ4n) is 1.86. The van der Waals surface area contributed by atoms with Gasteiger partial charge in [0, 0.05) is 19.2 Å². The van der Waals surface area contributed by atoms with Crippen LogP contribution in [0.25, 0.3) is 6.08 Å². The van der Waals surface area contributed by atoms with E-state index in [4.69, 9.17) is 14.9 Å². The summed E-state index contributed by atoms with van der Waals surface area (Å²) in [6, 6.07) is 7.51. The van der Waals surface area contributed by atoms with Crippen molar-refractivity contribution < 1.29 is 19.7 Å². The second-order valence-electron chi connectivity index (χ2n) is 4.88. The summed E-state index contributed by atoms with van der Waals surface area (Å²) in [6.45, 7) is 3.02. The van der Waals surface area contributed by atoms with Gasteiger partial charge in [0.1, 0.15) is 5.75 Å². The van der Waals surface area contributed by atoms with Crippen molar-refractivity contribution >= 4 is 12.0 Å². The van der Waals surface area contributed by atoms with Gasteiger partial charge in [0.25, 0.3) is 0 Å². The zero-order chi connectivity index (χ0) is 16.2. The summed E-state index contributed by atoms with van der Waals surface area (Å²) in [5.41, 5.74) is 0.893. The SMILES string of the molecule is CCCCOc1ccc(/C=C/C(=O)N(CCO)CCO)cc1. The number of benzene rings is 1. The number of aliphatic hydroxyl groups excluding tert-OH is 2. The number of hydrogen-bond acceptors (Lipinski definition) is 4. The Balaban J connectivity index is 2.55. The molecule has 1 aromatic rings. The molecule has 0 unspecified atom stereocenters. The Morgan fingerprint density at radius 3 is 2.36 bits per heavy atom. The minimum absolute atomic E-state index is 0.122. The molecule has 2 N–H and O–H groups in total. The monoisotopic (exact) mass is 307 g/mol. The Morgan fingerprint density at radius 1 is 1.18 bits per heavy atom. The average molecular weight is 307 g/mol. The van der Waals surface area contributed by atoms with E-state index in [-0.39, 0.29) is 32.2 Å². The molecule has 0 aliphatic rings. The lowest BCUT2D eigenvalue weighted by atomic mass is 10.2. The number of ether oxygens (including phenoxy) is 1. The van der Waals surface area contributed by atoms with Crippen molar-refractivity contribution in [2.24, 2.45) is 0 Å². The van der Waals surface area contributed by atoms with Crippen molar-refractivity contribution in [3.63, 3.8) is 0 Å². The second kappa shape index (κ2) is 10.8. The minimum atomic E-state index is -0.230. The molecule has 22 heavy (non-hydrogen) atoms. The van der Waals surface area contributed by atoms with Crippen LogP contribution in [0.5, 0.6) is 5.75 Å². The van der Waals surface area contributed by atoms with Crippen LogP contribution < -0.4 is 4.74 Å². The van der Waals surface area contributed by atoms with Gasteiger partial charge < -0.3 is 19.8 Å². The fourth-order valence-corrected chi connectivity index (χ4v) is 1.86. The van der Waals surface area contributed by atoms with Crippen LogP contribution in [0.2, 0.25) is 0 Å². The van der Waals surface area contributed by atoms with Crippen LogP contribution >= 0.6 is 0 Å². The van der Waals surface area contributed by atoms with Crippen LogP contribution in [-0.4, -0.2) is 53.9 Å². The van der Waals surface area contributed by atoms with Crippen molar-refractivity contribution in [3.05, 3.63) is 35.9 Å². The number of amides is 1. The first-order valence-electron chi connectivity index (χ1n) is 7.62.